The van der Waals surface area contributed by atoms with E-state index < -0.39 is 24.6 Å². The monoisotopic (exact) mass is 421 g/mol. The number of aliphatic hydroxyl groups excluding tert-OH is 2. The third-order valence-corrected chi connectivity index (χ3v) is 5.47. The number of hydrogen-bond acceptors (Lipinski definition) is 4. The molecule has 3 N–H and O–H groups in total. The smallest absolute Gasteiger partial charge is 0.305 e. The number of aromatic nitrogens is 1. The summed E-state index contributed by atoms with van der Waals surface area (Å²) in [4.78, 5) is 15.6. The largest absolute Gasteiger partial charge is 0.481 e. The maximum absolute atomic E-state index is 13.6. The summed E-state index contributed by atoms with van der Waals surface area (Å²) in [6.45, 7) is 0. The Kier molecular flexibility index (Phi) is 6.11. The van der Waals surface area contributed by atoms with Crippen LogP contribution in [0.25, 0.3) is 28.1 Å². The topological polar surface area (TPSA) is 90.7 Å². The Morgan fingerprint density at radius 3 is 2.52 bits per heavy atom. The number of hydrogen-bond donors (Lipinski definition) is 3. The molecule has 6 heteroatoms. The van der Waals surface area contributed by atoms with Crippen LogP contribution in [0, 0.1) is 5.82 Å². The molecule has 0 bridgehead atoms. The number of aliphatic carboxylic acids is 1. The van der Waals surface area contributed by atoms with Crippen molar-refractivity contribution in [3.63, 3.8) is 0 Å². The zero-order valence-corrected chi connectivity index (χ0v) is 16.9. The summed E-state index contributed by atoms with van der Waals surface area (Å²) in [6, 6.07) is 14.1. The van der Waals surface area contributed by atoms with E-state index in [9.17, 15) is 19.4 Å². The predicted octanol–water partition coefficient (Wildman–Crippen LogP) is 4.52. The molecular formula is C25H24FNO4. The third kappa shape index (κ3) is 4.98. The molecule has 2 atom stereocenters. The van der Waals surface area contributed by atoms with E-state index in [1.165, 1.54) is 12.1 Å². The van der Waals surface area contributed by atoms with Gasteiger partial charge in [-0.15, -0.1) is 0 Å². The maximum Gasteiger partial charge on any atom is 0.305 e. The lowest BCUT2D eigenvalue weighted by Gasteiger charge is -2.16. The lowest BCUT2D eigenvalue weighted by molar-refractivity contribution is -0.139. The highest BCUT2D eigenvalue weighted by Crippen LogP contribution is 2.45. The highest BCUT2D eigenvalue weighted by molar-refractivity contribution is 5.99. The van der Waals surface area contributed by atoms with Gasteiger partial charge in [0.25, 0.3) is 0 Å². The van der Waals surface area contributed by atoms with Crippen LogP contribution in [0.15, 0.2) is 54.6 Å². The van der Waals surface area contributed by atoms with Crippen LogP contribution in [-0.2, 0) is 4.79 Å². The number of carboxylic acids is 1. The number of carboxylic acid groups (broad SMARTS) is 1. The van der Waals surface area contributed by atoms with E-state index in [0.717, 1.165) is 46.1 Å². The van der Waals surface area contributed by atoms with Gasteiger partial charge in [-0.3, -0.25) is 9.78 Å². The Morgan fingerprint density at radius 1 is 1.13 bits per heavy atom. The first-order chi connectivity index (χ1) is 14.9. The number of halogens is 1. The van der Waals surface area contributed by atoms with Gasteiger partial charge in [-0.05, 0) is 36.6 Å². The quantitative estimate of drug-likeness (QED) is 0.498. The van der Waals surface area contributed by atoms with Crippen LogP contribution in [0.5, 0.6) is 0 Å². The highest BCUT2D eigenvalue weighted by atomic mass is 19.1. The minimum atomic E-state index is -1.13. The molecule has 0 radical (unpaired) electrons. The SMILES string of the molecule is O=C(O)C[C@H](O)C[C@@H](O)C=Cc1c(C2CC2)nc2ccccc2c1-c1ccc(F)cc1. The average molecular weight is 421 g/mol. The summed E-state index contributed by atoms with van der Waals surface area (Å²) < 4.78 is 13.6. The van der Waals surface area contributed by atoms with E-state index in [2.05, 4.69) is 0 Å². The summed E-state index contributed by atoms with van der Waals surface area (Å²) in [5.41, 5.74) is 4.43. The first-order valence-electron chi connectivity index (χ1n) is 10.4. The number of fused-ring (bicyclic) bond motifs is 1. The minimum Gasteiger partial charge on any atom is -0.481 e. The number of para-hydroxylation sites is 1. The molecule has 4 rings (SSSR count). The molecule has 2 aromatic carbocycles. The van der Waals surface area contributed by atoms with Crippen molar-refractivity contribution < 1.29 is 24.5 Å². The summed E-state index contributed by atoms with van der Waals surface area (Å²) >= 11 is 0. The van der Waals surface area contributed by atoms with Gasteiger partial charge in [0, 0.05) is 28.9 Å². The molecule has 1 aliphatic rings. The molecule has 1 saturated carbocycles. The van der Waals surface area contributed by atoms with Gasteiger partial charge in [0.1, 0.15) is 5.82 Å². The predicted molar refractivity (Wildman–Crippen MR) is 117 cm³/mol. The maximum atomic E-state index is 13.6. The molecule has 0 aliphatic heterocycles. The van der Waals surface area contributed by atoms with Gasteiger partial charge >= 0.3 is 5.97 Å². The van der Waals surface area contributed by atoms with E-state index in [-0.39, 0.29) is 12.2 Å². The second-order valence-corrected chi connectivity index (χ2v) is 8.00. The average Bonchev–Trinajstić information content (AvgIpc) is 3.56. The number of nitrogens with zero attached hydrogens (tertiary/aromatic N) is 1. The number of pyridine rings is 1. The second kappa shape index (κ2) is 8.96. The van der Waals surface area contributed by atoms with Crippen LogP contribution in [-0.4, -0.2) is 38.5 Å². The van der Waals surface area contributed by atoms with E-state index in [1.54, 1.807) is 24.3 Å². The zero-order valence-electron chi connectivity index (χ0n) is 16.9. The molecule has 0 amide bonds. The molecule has 3 aromatic rings. The third-order valence-electron chi connectivity index (χ3n) is 5.47. The van der Waals surface area contributed by atoms with E-state index >= 15 is 0 Å². The van der Waals surface area contributed by atoms with E-state index in [4.69, 9.17) is 10.1 Å². The van der Waals surface area contributed by atoms with Crippen LogP contribution >= 0.6 is 0 Å². The Labute approximate surface area is 179 Å². The van der Waals surface area contributed by atoms with Gasteiger partial charge in [0.15, 0.2) is 0 Å². The molecule has 1 heterocycles. The number of rotatable bonds is 8. The number of aliphatic hydroxyl groups is 2. The number of carbonyl (C=O) groups is 1. The fraction of sp³-hybridized carbons (Fsp3) is 0.280. The van der Waals surface area contributed by atoms with Gasteiger partial charge in [0.2, 0.25) is 0 Å². The normalized spacial score (nSPS) is 16.0. The van der Waals surface area contributed by atoms with Crippen LogP contribution in [0.4, 0.5) is 4.39 Å². The lowest BCUT2D eigenvalue weighted by Crippen LogP contribution is -2.19. The highest BCUT2D eigenvalue weighted by Gasteiger charge is 2.29. The summed E-state index contributed by atoms with van der Waals surface area (Å²) in [5.74, 6) is -1.10. The fourth-order valence-corrected chi connectivity index (χ4v) is 3.86. The van der Waals surface area contributed by atoms with Gasteiger partial charge in [-0.2, -0.15) is 0 Å². The summed E-state index contributed by atoms with van der Waals surface area (Å²) in [7, 11) is 0. The molecule has 160 valence electrons. The molecule has 1 aromatic heterocycles. The van der Waals surface area contributed by atoms with Crippen LogP contribution in [0.2, 0.25) is 0 Å². The standard InChI is InChI=1S/C25H24FNO4/c26-17-9-7-15(8-10-17)24-20-3-1-2-4-22(20)27-25(16-5-6-16)21(24)12-11-18(28)13-19(29)14-23(30)31/h1-4,7-12,16,18-19,28-29H,5-6,13-14H2,(H,30,31)/t18-,19+/m0/s1. The van der Waals surface area contributed by atoms with Crippen molar-refractivity contribution in [3.8, 4) is 11.1 Å². The number of benzene rings is 2. The van der Waals surface area contributed by atoms with Gasteiger partial charge in [-0.1, -0.05) is 42.5 Å². The van der Waals surface area contributed by atoms with Crippen molar-refractivity contribution in [1.29, 1.82) is 0 Å². The van der Waals surface area contributed by atoms with E-state index in [0.29, 0.717) is 5.92 Å². The molecule has 31 heavy (non-hydrogen) atoms. The fourth-order valence-electron chi connectivity index (χ4n) is 3.86. The van der Waals surface area contributed by atoms with Crippen molar-refractivity contribution in [2.45, 2.75) is 43.8 Å². The van der Waals surface area contributed by atoms with Crippen molar-refractivity contribution in [3.05, 3.63) is 71.7 Å². The molecule has 1 fully saturated rings. The molecule has 5 nitrogen and oxygen atoms in total. The van der Waals surface area contributed by atoms with Crippen molar-refractivity contribution >= 4 is 22.9 Å². The summed E-state index contributed by atoms with van der Waals surface area (Å²) in [5, 5.41) is 29.9. The minimum absolute atomic E-state index is 0.0749. The lowest BCUT2D eigenvalue weighted by atomic mass is 9.92. The van der Waals surface area contributed by atoms with Crippen molar-refractivity contribution in [2.75, 3.05) is 0 Å². The second-order valence-electron chi connectivity index (χ2n) is 8.00. The molecule has 0 unspecified atom stereocenters. The van der Waals surface area contributed by atoms with Crippen LogP contribution in [0.1, 0.15) is 42.9 Å². The molecular weight excluding hydrogens is 397 g/mol. The van der Waals surface area contributed by atoms with Crippen molar-refractivity contribution in [2.24, 2.45) is 0 Å². The summed E-state index contributed by atoms with van der Waals surface area (Å²) in [6.07, 6.45) is 2.80. The van der Waals surface area contributed by atoms with Gasteiger partial charge in [0.05, 0.1) is 29.8 Å². The first kappa shape index (κ1) is 21.2. The first-order valence-corrected chi connectivity index (χ1v) is 10.4. The molecule has 0 saturated heterocycles. The van der Waals surface area contributed by atoms with Crippen molar-refractivity contribution in [1.82, 2.24) is 4.98 Å². The Bertz CT molecular complexity index is 1120. The molecule has 0 spiro atoms. The Morgan fingerprint density at radius 2 is 1.84 bits per heavy atom. The van der Waals surface area contributed by atoms with E-state index in [1.807, 2.05) is 24.3 Å². The van der Waals surface area contributed by atoms with Gasteiger partial charge < -0.3 is 15.3 Å². The van der Waals surface area contributed by atoms with Crippen LogP contribution in [0.3, 0.4) is 0 Å². The van der Waals surface area contributed by atoms with Gasteiger partial charge in [-0.25, -0.2) is 4.39 Å². The Hall–Kier alpha value is -3.09. The van der Waals surface area contributed by atoms with Crippen LogP contribution < -0.4 is 0 Å². The Balaban J connectivity index is 1.79. The molecule has 1 aliphatic carbocycles. The zero-order chi connectivity index (χ0) is 22.0.